The van der Waals surface area contributed by atoms with Crippen molar-refractivity contribution in [1.29, 1.82) is 0 Å². The Morgan fingerprint density at radius 3 is 2.80 bits per heavy atom. The number of carbonyl (C=O) groups is 1. The van der Waals surface area contributed by atoms with Crippen LogP contribution in [-0.2, 0) is 20.7 Å². The number of nitrogens with zero attached hydrogens (tertiary/aromatic N) is 4. The van der Waals surface area contributed by atoms with Crippen LogP contribution >= 0.6 is 0 Å². The number of aryl methyl sites for hydroxylation is 1. The topological polar surface area (TPSA) is 108 Å². The van der Waals surface area contributed by atoms with Crippen LogP contribution in [0.5, 0.6) is 11.8 Å². The molecule has 46 heavy (non-hydrogen) atoms. The number of rotatable bonds is 12. The molecular formula is C33H36F3N5O5. The third kappa shape index (κ3) is 6.01. The molecule has 1 N–H and O–H groups in total. The molecule has 2 aliphatic heterocycles. The Hall–Kier alpha value is -4.23. The lowest BCUT2D eigenvalue weighted by atomic mass is 9.94. The lowest BCUT2D eigenvalue weighted by Crippen LogP contribution is -2.43. The molecule has 10 nitrogen and oxygen atoms in total. The van der Waals surface area contributed by atoms with E-state index in [0.717, 1.165) is 19.4 Å². The maximum Gasteiger partial charge on any atom is 0.319 e. The number of halogens is 3. The molecule has 4 heterocycles. The Morgan fingerprint density at radius 1 is 1.17 bits per heavy atom. The number of nitrogens with one attached hydrogen (secondary N) is 1. The molecule has 0 aliphatic carbocycles. The average Bonchev–Trinajstić information content (AvgIpc) is 3.58. The summed E-state index contributed by atoms with van der Waals surface area (Å²) in [7, 11) is 2.78. The van der Waals surface area contributed by atoms with Crippen molar-refractivity contribution in [3.8, 4) is 23.0 Å². The van der Waals surface area contributed by atoms with Crippen LogP contribution in [0.3, 0.4) is 0 Å². The Balaban J connectivity index is 1.46. The molecule has 2 aromatic carbocycles. The summed E-state index contributed by atoms with van der Waals surface area (Å²) in [5, 5.41) is 4.45. The van der Waals surface area contributed by atoms with Crippen molar-refractivity contribution in [1.82, 2.24) is 19.9 Å². The van der Waals surface area contributed by atoms with E-state index in [0.29, 0.717) is 47.0 Å². The highest BCUT2D eigenvalue weighted by atomic mass is 19.1. The minimum atomic E-state index is -0.945. The molecule has 0 spiro atoms. The van der Waals surface area contributed by atoms with Gasteiger partial charge in [0, 0.05) is 38.4 Å². The van der Waals surface area contributed by atoms with E-state index >= 15 is 8.78 Å². The summed E-state index contributed by atoms with van der Waals surface area (Å²) in [4.78, 5) is 27.3. The van der Waals surface area contributed by atoms with Gasteiger partial charge in [-0.1, -0.05) is 13.0 Å². The Labute approximate surface area is 264 Å². The van der Waals surface area contributed by atoms with Crippen LogP contribution in [0.25, 0.3) is 32.9 Å². The fourth-order valence-electron chi connectivity index (χ4n) is 6.69. The van der Waals surface area contributed by atoms with Crippen molar-refractivity contribution < 1.29 is 36.9 Å². The minimum Gasteiger partial charge on any atom is -0.469 e. The van der Waals surface area contributed by atoms with Crippen molar-refractivity contribution >= 4 is 33.5 Å². The molecule has 2 saturated heterocycles. The number of aromatic nitrogens is 3. The summed E-state index contributed by atoms with van der Waals surface area (Å²) in [5.74, 6) is -1.03. The Kier molecular flexibility index (Phi) is 9.14. The van der Waals surface area contributed by atoms with E-state index in [1.807, 2.05) is 6.92 Å². The second-order valence-electron chi connectivity index (χ2n) is 11.7. The summed E-state index contributed by atoms with van der Waals surface area (Å²) in [5.41, 5.74) is 0.105. The lowest BCUT2D eigenvalue weighted by Gasteiger charge is -2.30. The molecule has 0 bridgehead atoms. The van der Waals surface area contributed by atoms with Gasteiger partial charge < -0.3 is 24.3 Å². The van der Waals surface area contributed by atoms with Gasteiger partial charge in [0.1, 0.15) is 41.4 Å². The second-order valence-corrected chi connectivity index (χ2v) is 11.7. The first-order valence-electron chi connectivity index (χ1n) is 15.3. The third-order valence-electron chi connectivity index (χ3n) is 8.84. The maximum absolute atomic E-state index is 16.7. The molecule has 2 atom stereocenters. The highest BCUT2D eigenvalue weighted by Gasteiger charge is 2.49. The number of methoxy groups -OCH3 is 2. The molecule has 6 rings (SSSR count). The highest BCUT2D eigenvalue weighted by Crippen LogP contribution is 2.41. The number of carbonyl (C=O) groups excluding carboxylic acids is 1. The third-order valence-corrected chi connectivity index (χ3v) is 8.84. The first kappa shape index (κ1) is 31.7. The van der Waals surface area contributed by atoms with Gasteiger partial charge in [-0.2, -0.15) is 9.97 Å². The average molecular weight is 640 g/mol. The summed E-state index contributed by atoms with van der Waals surface area (Å²) in [6.45, 7) is 3.21. The van der Waals surface area contributed by atoms with Gasteiger partial charge in [-0.3, -0.25) is 14.7 Å². The van der Waals surface area contributed by atoms with Crippen molar-refractivity contribution in [2.45, 2.75) is 50.7 Å². The SMILES string of the molecule is CCc1c(F)ccc2cc(OCOC)cc(-c3ncc4c(NCCC(=O)OC)nc(OC[C@@]56CCCN5C[C@H](F)C6)nc4c3F)c12. The zero-order valence-electron chi connectivity index (χ0n) is 26.0. The zero-order chi connectivity index (χ0) is 32.4. The van der Waals surface area contributed by atoms with Crippen LogP contribution in [-0.4, -0.2) is 84.8 Å². The molecule has 13 heteroatoms. The van der Waals surface area contributed by atoms with Crippen LogP contribution in [0.2, 0.25) is 0 Å². The second kappa shape index (κ2) is 13.2. The molecule has 0 radical (unpaired) electrons. The summed E-state index contributed by atoms with van der Waals surface area (Å²) in [6, 6.07) is 6.23. The molecular weight excluding hydrogens is 603 g/mol. The predicted octanol–water partition coefficient (Wildman–Crippen LogP) is 5.60. The van der Waals surface area contributed by atoms with E-state index in [1.165, 1.54) is 26.5 Å². The summed E-state index contributed by atoms with van der Waals surface area (Å²) in [6.07, 6.45) is 2.93. The van der Waals surface area contributed by atoms with Gasteiger partial charge in [-0.25, -0.2) is 13.2 Å². The van der Waals surface area contributed by atoms with Crippen LogP contribution in [0.1, 0.15) is 38.2 Å². The van der Waals surface area contributed by atoms with Gasteiger partial charge in [0.05, 0.1) is 24.5 Å². The van der Waals surface area contributed by atoms with Crippen molar-refractivity contribution in [2.75, 3.05) is 52.6 Å². The van der Waals surface area contributed by atoms with E-state index in [4.69, 9.17) is 18.9 Å². The van der Waals surface area contributed by atoms with Crippen molar-refractivity contribution in [3.63, 3.8) is 0 Å². The van der Waals surface area contributed by atoms with Gasteiger partial charge >= 0.3 is 12.0 Å². The Morgan fingerprint density at radius 2 is 2.02 bits per heavy atom. The first-order valence-corrected chi connectivity index (χ1v) is 15.3. The van der Waals surface area contributed by atoms with E-state index in [-0.39, 0.29) is 54.8 Å². The number of hydrogen-bond donors (Lipinski definition) is 1. The number of esters is 1. The predicted molar refractivity (Wildman–Crippen MR) is 166 cm³/mol. The van der Waals surface area contributed by atoms with E-state index in [1.54, 1.807) is 18.2 Å². The van der Waals surface area contributed by atoms with Crippen LogP contribution in [0.4, 0.5) is 19.0 Å². The number of alkyl halides is 1. The van der Waals surface area contributed by atoms with Gasteiger partial charge in [0.25, 0.3) is 0 Å². The van der Waals surface area contributed by atoms with Gasteiger partial charge in [-0.15, -0.1) is 0 Å². The molecule has 2 aliphatic rings. The number of ether oxygens (including phenoxy) is 4. The fourth-order valence-corrected chi connectivity index (χ4v) is 6.69. The molecule has 244 valence electrons. The standard InChI is InChI=1S/C33H36F3N5O5/c1-4-22-25(35)7-6-19-12-21(46-18-43-2)13-23(27(19)22)29-28(36)30-24(15-38-29)31(37-10-8-26(42)44-3)40-32(39-30)45-17-33-9-5-11-41(33)16-20(34)14-33/h6-7,12-13,15,20H,4-5,8-11,14,16-18H2,1-3H3,(H,37,39,40)/t20-,33+/m1/s1. The number of benzene rings is 2. The molecule has 4 aromatic rings. The fraction of sp³-hybridized carbons (Fsp3) is 0.455. The number of fused-ring (bicyclic) bond motifs is 3. The summed E-state index contributed by atoms with van der Waals surface area (Å²) < 4.78 is 67.8. The highest BCUT2D eigenvalue weighted by molar-refractivity contribution is 6.01. The molecule has 2 aromatic heterocycles. The van der Waals surface area contributed by atoms with Crippen molar-refractivity contribution in [3.05, 3.63) is 47.7 Å². The van der Waals surface area contributed by atoms with E-state index < -0.39 is 29.3 Å². The Bertz CT molecular complexity index is 1780. The molecule has 0 saturated carbocycles. The van der Waals surface area contributed by atoms with Gasteiger partial charge in [-0.05, 0) is 60.3 Å². The summed E-state index contributed by atoms with van der Waals surface area (Å²) >= 11 is 0. The number of hydrogen-bond acceptors (Lipinski definition) is 10. The van der Waals surface area contributed by atoms with E-state index in [2.05, 4.69) is 25.2 Å². The maximum atomic E-state index is 16.7. The molecule has 0 unspecified atom stereocenters. The van der Waals surface area contributed by atoms with Crippen molar-refractivity contribution in [2.24, 2.45) is 0 Å². The number of pyridine rings is 1. The van der Waals surface area contributed by atoms with Gasteiger partial charge in [0.2, 0.25) is 0 Å². The number of anilines is 1. The minimum absolute atomic E-state index is 0.0355. The van der Waals surface area contributed by atoms with Crippen LogP contribution < -0.4 is 14.8 Å². The molecule has 0 amide bonds. The first-order chi connectivity index (χ1) is 22.3. The molecule has 2 fully saturated rings. The largest absolute Gasteiger partial charge is 0.469 e. The monoisotopic (exact) mass is 639 g/mol. The smallest absolute Gasteiger partial charge is 0.319 e. The normalized spacial score (nSPS) is 19.5. The van der Waals surface area contributed by atoms with Crippen LogP contribution in [0, 0.1) is 11.6 Å². The van der Waals surface area contributed by atoms with Crippen LogP contribution in [0.15, 0.2) is 30.5 Å². The lowest BCUT2D eigenvalue weighted by molar-refractivity contribution is -0.140. The zero-order valence-corrected chi connectivity index (χ0v) is 26.0. The van der Waals surface area contributed by atoms with E-state index in [9.17, 15) is 9.18 Å². The quantitative estimate of drug-likeness (QED) is 0.156. The van der Waals surface area contributed by atoms with Gasteiger partial charge in [0.15, 0.2) is 12.6 Å².